The van der Waals surface area contributed by atoms with Gasteiger partial charge in [-0.05, 0) is 26.0 Å². The number of hydrogen-bond acceptors (Lipinski definition) is 4. The maximum atomic E-state index is 13.5. The molecule has 0 unspecified atom stereocenters. The van der Waals surface area contributed by atoms with E-state index in [1.165, 1.54) is 23.4 Å². The van der Waals surface area contributed by atoms with Gasteiger partial charge in [-0.3, -0.25) is 9.59 Å². The van der Waals surface area contributed by atoms with Crippen LogP contribution in [-0.4, -0.2) is 31.3 Å². The third-order valence-electron chi connectivity index (χ3n) is 4.19. The van der Waals surface area contributed by atoms with Crippen molar-refractivity contribution in [1.82, 2.24) is 24.6 Å². The Hall–Kier alpha value is -3.17. The van der Waals surface area contributed by atoms with Crippen molar-refractivity contribution in [1.29, 1.82) is 0 Å². The van der Waals surface area contributed by atoms with Crippen molar-refractivity contribution in [2.75, 3.05) is 0 Å². The van der Waals surface area contributed by atoms with Crippen LogP contribution in [0.2, 0.25) is 0 Å². The molecule has 0 fully saturated rings. The van der Waals surface area contributed by atoms with E-state index in [0.29, 0.717) is 6.07 Å². The second-order valence-corrected chi connectivity index (χ2v) is 6.58. The number of alkyl halides is 3. The molecule has 0 bridgehead atoms. The number of benzene rings is 1. The van der Waals surface area contributed by atoms with Crippen LogP contribution in [0.4, 0.5) is 13.2 Å². The summed E-state index contributed by atoms with van der Waals surface area (Å²) in [7, 11) is 0. The van der Waals surface area contributed by atoms with Crippen molar-refractivity contribution < 1.29 is 18.0 Å². The zero-order valence-electron chi connectivity index (χ0n) is 15.2. The Labute approximate surface area is 157 Å². The molecule has 1 N–H and O–H groups in total. The van der Waals surface area contributed by atoms with Crippen LogP contribution >= 0.6 is 0 Å². The van der Waals surface area contributed by atoms with Crippen LogP contribution in [0.3, 0.4) is 0 Å². The van der Waals surface area contributed by atoms with E-state index in [9.17, 15) is 22.8 Å². The first-order valence-electron chi connectivity index (χ1n) is 8.48. The first-order chi connectivity index (χ1) is 13.1. The van der Waals surface area contributed by atoms with Gasteiger partial charge in [0.25, 0.3) is 0 Å². The zero-order chi connectivity index (χ0) is 20.5. The molecule has 0 radical (unpaired) electrons. The molecule has 0 saturated carbocycles. The highest BCUT2D eigenvalue weighted by molar-refractivity contribution is 5.80. The summed E-state index contributed by atoms with van der Waals surface area (Å²) < 4.78 is 42.9. The number of pyridine rings is 1. The molecule has 1 atom stereocenters. The van der Waals surface area contributed by atoms with Crippen molar-refractivity contribution >= 4 is 16.8 Å². The highest BCUT2D eigenvalue weighted by Crippen LogP contribution is 2.30. The minimum Gasteiger partial charge on any atom is -0.350 e. The number of carbonyl (C=O) groups excluding carboxylic acids is 1. The summed E-state index contributed by atoms with van der Waals surface area (Å²) >= 11 is 0. The fraction of sp³-hybridized carbons (Fsp3) is 0.333. The topological polar surface area (TPSA) is 81.8 Å². The highest BCUT2D eigenvalue weighted by Gasteiger charge is 2.35. The Balaban J connectivity index is 1.93. The molecule has 10 heteroatoms. The lowest BCUT2D eigenvalue weighted by atomic mass is 10.1. The van der Waals surface area contributed by atoms with Crippen molar-refractivity contribution in [2.24, 2.45) is 0 Å². The molecule has 28 heavy (non-hydrogen) atoms. The smallest absolute Gasteiger partial charge is 0.350 e. The summed E-state index contributed by atoms with van der Waals surface area (Å²) in [6.45, 7) is 3.10. The minimum absolute atomic E-state index is 0.0967. The number of rotatable bonds is 5. The normalized spacial score (nSPS) is 12.9. The van der Waals surface area contributed by atoms with Gasteiger partial charge >= 0.3 is 6.18 Å². The third kappa shape index (κ3) is 4.21. The van der Waals surface area contributed by atoms with Crippen LogP contribution in [0.5, 0.6) is 0 Å². The van der Waals surface area contributed by atoms with Crippen LogP contribution in [0.1, 0.15) is 18.2 Å². The van der Waals surface area contributed by atoms with Crippen molar-refractivity contribution in [2.45, 2.75) is 39.2 Å². The Morgan fingerprint density at radius 2 is 2.04 bits per heavy atom. The average molecular weight is 393 g/mol. The largest absolute Gasteiger partial charge is 0.431 e. The Morgan fingerprint density at radius 3 is 2.68 bits per heavy atom. The third-order valence-corrected chi connectivity index (χ3v) is 4.19. The summed E-state index contributed by atoms with van der Waals surface area (Å²) in [4.78, 5) is 28.0. The first-order valence-corrected chi connectivity index (χ1v) is 8.48. The quantitative estimate of drug-likeness (QED) is 0.720. The molecule has 2 heterocycles. The fourth-order valence-corrected chi connectivity index (χ4v) is 3.03. The Bertz CT molecular complexity index is 1060. The molecular weight excluding hydrogens is 375 g/mol. The van der Waals surface area contributed by atoms with Gasteiger partial charge in [-0.15, -0.1) is 0 Å². The summed E-state index contributed by atoms with van der Waals surface area (Å²) in [5.41, 5.74) is -0.802. The number of hydrogen-bond donors (Lipinski definition) is 1. The number of aryl methyl sites for hydroxylation is 1. The lowest BCUT2D eigenvalue weighted by molar-refractivity contribution is -0.143. The summed E-state index contributed by atoms with van der Waals surface area (Å²) in [6, 6.07) is 4.68. The number of halogens is 3. The molecule has 1 amide bonds. The molecule has 148 valence electrons. The van der Waals surface area contributed by atoms with Gasteiger partial charge in [-0.1, -0.05) is 11.6 Å². The molecule has 1 aromatic carbocycles. The predicted molar refractivity (Wildman–Crippen MR) is 95.6 cm³/mol. The van der Waals surface area contributed by atoms with E-state index in [2.05, 4.69) is 15.4 Å². The highest BCUT2D eigenvalue weighted by atomic mass is 19.4. The number of nitrogens with one attached hydrogen (secondary N) is 1. The SMILES string of the molecule is Cc1ccc2c(c1)c(=O)cc(C(F)(F)F)n2C[C@@H](C)NC(=O)Cn1cncn1. The van der Waals surface area contributed by atoms with Gasteiger partial charge in [0, 0.05) is 24.0 Å². The van der Waals surface area contributed by atoms with E-state index < -0.39 is 29.2 Å². The molecule has 0 saturated heterocycles. The van der Waals surface area contributed by atoms with Crippen LogP contribution in [-0.2, 0) is 24.1 Å². The molecule has 3 rings (SSSR count). The molecule has 3 aromatic rings. The maximum Gasteiger partial charge on any atom is 0.431 e. The van der Waals surface area contributed by atoms with E-state index in [1.54, 1.807) is 26.0 Å². The molecule has 0 aliphatic rings. The van der Waals surface area contributed by atoms with Gasteiger partial charge in [-0.25, -0.2) is 9.67 Å². The van der Waals surface area contributed by atoms with Gasteiger partial charge in [0.2, 0.25) is 5.91 Å². The van der Waals surface area contributed by atoms with E-state index in [0.717, 1.165) is 10.1 Å². The molecule has 0 aliphatic carbocycles. The van der Waals surface area contributed by atoms with Gasteiger partial charge in [0.05, 0.1) is 5.52 Å². The van der Waals surface area contributed by atoms with Gasteiger partial charge in [0.15, 0.2) is 5.43 Å². The Morgan fingerprint density at radius 1 is 1.29 bits per heavy atom. The van der Waals surface area contributed by atoms with Crippen LogP contribution in [0.15, 0.2) is 41.7 Å². The van der Waals surface area contributed by atoms with Crippen molar-refractivity contribution in [3.63, 3.8) is 0 Å². The van der Waals surface area contributed by atoms with Gasteiger partial charge in [-0.2, -0.15) is 18.3 Å². The van der Waals surface area contributed by atoms with Crippen LogP contribution < -0.4 is 10.7 Å². The maximum absolute atomic E-state index is 13.5. The number of amides is 1. The summed E-state index contributed by atoms with van der Waals surface area (Å²) in [5, 5.41) is 6.65. The molecular formula is C18H18F3N5O2. The van der Waals surface area contributed by atoms with E-state index in [4.69, 9.17) is 0 Å². The average Bonchev–Trinajstić information content (AvgIpc) is 3.09. The van der Waals surface area contributed by atoms with E-state index in [1.807, 2.05) is 0 Å². The summed E-state index contributed by atoms with van der Waals surface area (Å²) in [6.07, 6.45) is -2.06. The fourth-order valence-electron chi connectivity index (χ4n) is 3.03. The van der Waals surface area contributed by atoms with Crippen LogP contribution in [0, 0.1) is 6.92 Å². The lowest BCUT2D eigenvalue weighted by Crippen LogP contribution is -2.39. The number of nitrogens with zero attached hydrogens (tertiary/aromatic N) is 4. The van der Waals surface area contributed by atoms with Crippen molar-refractivity contribution in [3.05, 3.63) is 58.4 Å². The summed E-state index contributed by atoms with van der Waals surface area (Å²) in [5.74, 6) is -0.409. The lowest BCUT2D eigenvalue weighted by Gasteiger charge is -2.22. The van der Waals surface area contributed by atoms with Crippen LogP contribution in [0.25, 0.3) is 10.9 Å². The van der Waals surface area contributed by atoms with Crippen molar-refractivity contribution in [3.8, 4) is 0 Å². The first kappa shape index (κ1) is 19.6. The van der Waals surface area contributed by atoms with Gasteiger partial charge in [0.1, 0.15) is 24.9 Å². The number of carbonyl (C=O) groups is 1. The number of fused-ring (bicyclic) bond motifs is 1. The second kappa shape index (κ2) is 7.45. The van der Waals surface area contributed by atoms with Gasteiger partial charge < -0.3 is 9.88 Å². The molecule has 7 nitrogen and oxygen atoms in total. The molecule has 0 aliphatic heterocycles. The molecule has 0 spiro atoms. The standard InChI is InChI=1S/C18H18F3N5O2/c1-11-3-4-14-13(5-11)15(27)6-16(18(19,20)21)26(14)7-12(2)24-17(28)8-25-10-22-9-23-25/h3-6,9-10,12H,7-8H2,1-2H3,(H,24,28)/t12-/m1/s1. The van der Waals surface area contributed by atoms with E-state index in [-0.39, 0.29) is 24.0 Å². The second-order valence-electron chi connectivity index (χ2n) is 6.58. The monoisotopic (exact) mass is 393 g/mol. The Kier molecular flexibility index (Phi) is 5.21. The minimum atomic E-state index is -4.71. The predicted octanol–water partition coefficient (Wildman–Crippen LogP) is 2.13. The zero-order valence-corrected chi connectivity index (χ0v) is 15.2. The molecule has 2 aromatic heterocycles. The number of aromatic nitrogens is 4. The van der Waals surface area contributed by atoms with E-state index >= 15 is 0 Å².